The number of ether oxygens (including phenoxy) is 1. The van der Waals surface area contributed by atoms with Crippen LogP contribution in [0.5, 0.6) is 0 Å². The number of esters is 1. The number of benzene rings is 1. The number of nitrogens with one attached hydrogen (secondary N) is 1. The van der Waals surface area contributed by atoms with Gasteiger partial charge in [0.25, 0.3) is 5.91 Å². The Morgan fingerprint density at radius 3 is 2.54 bits per heavy atom. The van der Waals surface area contributed by atoms with Crippen molar-refractivity contribution in [2.75, 3.05) is 23.4 Å². The second kappa shape index (κ2) is 9.07. The second-order valence-electron chi connectivity index (χ2n) is 9.32. The minimum atomic E-state index is -3.10. The lowest BCUT2D eigenvalue weighted by atomic mass is 10.1. The summed E-state index contributed by atoms with van der Waals surface area (Å²) in [4.78, 5) is 30.3. The Bertz CT molecular complexity index is 1410. The van der Waals surface area contributed by atoms with Gasteiger partial charge in [-0.3, -0.25) is 4.79 Å². The third-order valence-electron chi connectivity index (χ3n) is 6.47. The Labute approximate surface area is 203 Å². The lowest BCUT2D eigenvalue weighted by molar-refractivity contribution is 0.0505. The number of rotatable bonds is 7. The number of fused-ring (bicyclic) bond motifs is 1. The van der Waals surface area contributed by atoms with E-state index in [1.54, 1.807) is 28.9 Å². The maximum absolute atomic E-state index is 13.4. The van der Waals surface area contributed by atoms with Crippen molar-refractivity contribution < 1.29 is 22.7 Å². The van der Waals surface area contributed by atoms with Gasteiger partial charge in [0.05, 0.1) is 46.4 Å². The minimum Gasteiger partial charge on any atom is -0.462 e. The van der Waals surface area contributed by atoms with E-state index in [1.807, 2.05) is 19.9 Å². The van der Waals surface area contributed by atoms with E-state index in [0.717, 1.165) is 25.0 Å². The fourth-order valence-electron chi connectivity index (χ4n) is 4.49. The van der Waals surface area contributed by atoms with Crippen LogP contribution >= 0.6 is 0 Å². The van der Waals surface area contributed by atoms with Gasteiger partial charge in [0, 0.05) is 17.3 Å². The molecule has 2 aliphatic rings. The summed E-state index contributed by atoms with van der Waals surface area (Å²) in [6.07, 6.45) is 3.26. The van der Waals surface area contributed by atoms with Crippen LogP contribution < -0.4 is 5.32 Å². The van der Waals surface area contributed by atoms with E-state index >= 15 is 0 Å². The summed E-state index contributed by atoms with van der Waals surface area (Å²) in [5.74, 6) is -0.229. The van der Waals surface area contributed by atoms with Crippen LogP contribution in [0.1, 0.15) is 76.7 Å². The molecule has 184 valence electrons. The molecule has 1 aliphatic heterocycles. The summed E-state index contributed by atoms with van der Waals surface area (Å²) >= 11 is 0. The van der Waals surface area contributed by atoms with Crippen LogP contribution in [-0.4, -0.2) is 53.2 Å². The minimum absolute atomic E-state index is 0.0348. The molecular formula is C25H28N4O5S. The molecule has 3 aromatic rings. The number of hydrogen-bond donors (Lipinski definition) is 1. The van der Waals surface area contributed by atoms with Gasteiger partial charge in [-0.05, 0) is 62.9 Å². The fraction of sp³-hybridized carbons (Fsp3) is 0.440. The van der Waals surface area contributed by atoms with Crippen LogP contribution in [0.3, 0.4) is 0 Å². The molecule has 1 amide bonds. The molecule has 5 rings (SSSR count). The molecule has 1 aromatic carbocycles. The van der Waals surface area contributed by atoms with Crippen molar-refractivity contribution in [3.63, 3.8) is 0 Å². The number of aromatic nitrogens is 3. The van der Waals surface area contributed by atoms with E-state index in [1.165, 1.54) is 0 Å². The van der Waals surface area contributed by atoms with Crippen molar-refractivity contribution >= 4 is 38.4 Å². The molecule has 35 heavy (non-hydrogen) atoms. The van der Waals surface area contributed by atoms with E-state index in [9.17, 15) is 18.0 Å². The molecule has 3 heterocycles. The third kappa shape index (κ3) is 4.80. The Balaban J connectivity index is 1.46. The highest BCUT2D eigenvalue weighted by atomic mass is 32.2. The fourth-order valence-corrected chi connectivity index (χ4v) is 6.18. The Morgan fingerprint density at radius 2 is 1.91 bits per heavy atom. The van der Waals surface area contributed by atoms with Gasteiger partial charge in [-0.2, -0.15) is 5.10 Å². The third-order valence-corrected chi connectivity index (χ3v) is 8.22. The van der Waals surface area contributed by atoms with Crippen molar-refractivity contribution in [3.05, 3.63) is 52.8 Å². The zero-order valence-electron chi connectivity index (χ0n) is 19.8. The summed E-state index contributed by atoms with van der Waals surface area (Å²) in [7, 11) is -3.10. The number of amides is 1. The van der Waals surface area contributed by atoms with Gasteiger partial charge in [-0.15, -0.1) is 0 Å². The predicted molar refractivity (Wildman–Crippen MR) is 132 cm³/mol. The average molecular weight is 497 g/mol. The molecule has 1 saturated heterocycles. The first-order valence-corrected chi connectivity index (χ1v) is 13.8. The van der Waals surface area contributed by atoms with Gasteiger partial charge in [0.1, 0.15) is 0 Å². The number of nitrogens with zero attached hydrogens (tertiary/aromatic N) is 3. The molecule has 1 aliphatic carbocycles. The molecule has 0 radical (unpaired) electrons. The lowest BCUT2D eigenvalue weighted by Crippen LogP contribution is -2.15. The monoisotopic (exact) mass is 496 g/mol. The van der Waals surface area contributed by atoms with Crippen LogP contribution in [-0.2, 0) is 14.6 Å². The number of anilines is 1. The first-order valence-electron chi connectivity index (χ1n) is 11.9. The van der Waals surface area contributed by atoms with Crippen LogP contribution in [0.15, 0.2) is 30.3 Å². The number of carbonyl (C=O) groups excluding carboxylic acids is 2. The number of sulfone groups is 1. The Kier molecular flexibility index (Phi) is 6.08. The molecule has 0 spiro atoms. The Morgan fingerprint density at radius 1 is 1.17 bits per heavy atom. The summed E-state index contributed by atoms with van der Waals surface area (Å²) < 4.78 is 31.0. The molecule has 1 saturated carbocycles. The van der Waals surface area contributed by atoms with Gasteiger partial charge < -0.3 is 10.1 Å². The van der Waals surface area contributed by atoms with Gasteiger partial charge >= 0.3 is 5.97 Å². The van der Waals surface area contributed by atoms with Crippen LogP contribution in [0.4, 0.5) is 5.69 Å². The maximum Gasteiger partial charge on any atom is 0.338 e. The SMILES string of the molecule is CCCOC(=O)c1ccc(NC(=O)c2cc(C3CC3)nc3c2c(C)nn3C2CCS(=O)(=O)C2)cc1. The first kappa shape index (κ1) is 23.5. The number of aryl methyl sites for hydroxylation is 1. The molecule has 1 unspecified atom stereocenters. The highest BCUT2D eigenvalue weighted by Gasteiger charge is 2.34. The van der Waals surface area contributed by atoms with Gasteiger partial charge in [0.2, 0.25) is 0 Å². The van der Waals surface area contributed by atoms with E-state index in [2.05, 4.69) is 10.4 Å². The van der Waals surface area contributed by atoms with E-state index in [4.69, 9.17) is 9.72 Å². The number of hydrogen-bond acceptors (Lipinski definition) is 7. The van der Waals surface area contributed by atoms with Crippen molar-refractivity contribution in [1.29, 1.82) is 0 Å². The summed E-state index contributed by atoms with van der Waals surface area (Å²) in [6, 6.07) is 8.12. The van der Waals surface area contributed by atoms with Crippen LogP contribution in [0.2, 0.25) is 0 Å². The van der Waals surface area contributed by atoms with E-state index < -0.39 is 15.8 Å². The molecular weight excluding hydrogens is 468 g/mol. The van der Waals surface area contributed by atoms with E-state index in [-0.39, 0.29) is 23.5 Å². The normalized spacial score (nSPS) is 19.1. The first-order chi connectivity index (χ1) is 16.8. The zero-order chi connectivity index (χ0) is 24.7. The quantitative estimate of drug-likeness (QED) is 0.494. The summed E-state index contributed by atoms with van der Waals surface area (Å²) in [6.45, 7) is 4.10. The van der Waals surface area contributed by atoms with E-state index in [0.29, 0.717) is 52.5 Å². The molecule has 10 heteroatoms. The van der Waals surface area contributed by atoms with Crippen molar-refractivity contribution in [1.82, 2.24) is 14.8 Å². The predicted octanol–water partition coefficient (Wildman–Crippen LogP) is 3.80. The number of pyridine rings is 1. The average Bonchev–Trinajstić information content (AvgIpc) is 3.55. The largest absolute Gasteiger partial charge is 0.462 e. The van der Waals surface area contributed by atoms with Crippen molar-refractivity contribution in [2.45, 2.75) is 51.5 Å². The topological polar surface area (TPSA) is 120 Å². The highest BCUT2D eigenvalue weighted by molar-refractivity contribution is 7.91. The smallest absolute Gasteiger partial charge is 0.338 e. The van der Waals surface area contributed by atoms with Gasteiger partial charge in [0.15, 0.2) is 15.5 Å². The van der Waals surface area contributed by atoms with Gasteiger partial charge in [-0.25, -0.2) is 22.9 Å². The van der Waals surface area contributed by atoms with Crippen molar-refractivity contribution in [2.24, 2.45) is 0 Å². The second-order valence-corrected chi connectivity index (χ2v) is 11.6. The van der Waals surface area contributed by atoms with Crippen molar-refractivity contribution in [3.8, 4) is 0 Å². The highest BCUT2D eigenvalue weighted by Crippen LogP contribution is 2.41. The number of carbonyl (C=O) groups is 2. The molecule has 1 atom stereocenters. The van der Waals surface area contributed by atoms with Gasteiger partial charge in [-0.1, -0.05) is 6.92 Å². The molecule has 2 aromatic heterocycles. The van der Waals surface area contributed by atoms with Crippen LogP contribution in [0.25, 0.3) is 11.0 Å². The van der Waals surface area contributed by atoms with Crippen LogP contribution in [0, 0.1) is 6.92 Å². The Hall–Kier alpha value is -3.27. The molecule has 9 nitrogen and oxygen atoms in total. The standard InChI is InChI=1S/C25H28N4O5S/c1-3-11-34-25(31)17-6-8-18(9-7-17)26-24(30)20-13-21(16-4-5-16)27-23-22(20)15(2)28-29(23)19-10-12-35(32,33)14-19/h6-9,13,16,19H,3-5,10-12,14H2,1-2H3,(H,26,30). The maximum atomic E-state index is 13.4. The molecule has 0 bridgehead atoms. The zero-order valence-corrected chi connectivity index (χ0v) is 20.6. The summed E-state index contributed by atoms with van der Waals surface area (Å²) in [5.41, 5.74) is 3.47. The lowest BCUT2D eigenvalue weighted by Gasteiger charge is -2.12. The summed E-state index contributed by atoms with van der Waals surface area (Å²) in [5, 5.41) is 8.17. The molecule has 2 fully saturated rings. The molecule has 1 N–H and O–H groups in total.